The lowest BCUT2D eigenvalue weighted by Crippen LogP contribution is -2.26. The van der Waals surface area contributed by atoms with Crippen molar-refractivity contribution in [3.8, 4) is 11.5 Å². The number of hydrogen-bond donors (Lipinski definition) is 3. The number of nitrogens with one attached hydrogen (secondary N) is 2. The molecule has 1 aromatic heterocycles. The van der Waals surface area contributed by atoms with Gasteiger partial charge in [-0.3, -0.25) is 0 Å². The maximum Gasteiger partial charge on any atom is 0.122 e. The SMILES string of the molecule is COc1cc(CC(CO)CNCc2cc3c(C)c(C)ccc3[nH]2)cc(OC)c1. The summed E-state index contributed by atoms with van der Waals surface area (Å²) in [5, 5.41) is 14.6. The lowest BCUT2D eigenvalue weighted by atomic mass is 9.99. The van der Waals surface area contributed by atoms with Crippen LogP contribution in [0.5, 0.6) is 11.5 Å². The molecule has 1 heterocycles. The summed E-state index contributed by atoms with van der Waals surface area (Å²) in [6.45, 7) is 5.89. The van der Waals surface area contributed by atoms with Crippen molar-refractivity contribution in [2.24, 2.45) is 5.92 Å². The predicted octanol–water partition coefficient (Wildman–Crippen LogP) is 3.74. The fraction of sp³-hybridized carbons (Fsp3) is 0.391. The summed E-state index contributed by atoms with van der Waals surface area (Å²) in [6, 6.07) is 12.3. The lowest BCUT2D eigenvalue weighted by Gasteiger charge is -2.16. The van der Waals surface area contributed by atoms with Crippen molar-refractivity contribution in [1.82, 2.24) is 10.3 Å². The van der Waals surface area contributed by atoms with Crippen LogP contribution in [-0.4, -0.2) is 37.5 Å². The predicted molar refractivity (Wildman–Crippen MR) is 113 cm³/mol. The van der Waals surface area contributed by atoms with Crippen LogP contribution in [0.3, 0.4) is 0 Å². The van der Waals surface area contributed by atoms with Gasteiger partial charge in [0.1, 0.15) is 11.5 Å². The highest BCUT2D eigenvalue weighted by molar-refractivity contribution is 5.84. The average Bonchev–Trinajstić information content (AvgIpc) is 3.13. The average molecular weight is 383 g/mol. The molecule has 3 aromatic rings. The lowest BCUT2D eigenvalue weighted by molar-refractivity contribution is 0.221. The highest BCUT2D eigenvalue weighted by Gasteiger charge is 2.12. The Hall–Kier alpha value is -2.50. The molecule has 0 amide bonds. The van der Waals surface area contributed by atoms with E-state index in [0.29, 0.717) is 0 Å². The van der Waals surface area contributed by atoms with Gasteiger partial charge in [0.05, 0.1) is 14.2 Å². The van der Waals surface area contributed by atoms with E-state index in [2.05, 4.69) is 42.3 Å². The molecule has 0 fully saturated rings. The van der Waals surface area contributed by atoms with Gasteiger partial charge in [0, 0.05) is 42.4 Å². The third-order valence-corrected chi connectivity index (χ3v) is 5.34. The third-order valence-electron chi connectivity index (χ3n) is 5.34. The minimum absolute atomic E-state index is 0.116. The van der Waals surface area contributed by atoms with E-state index in [0.717, 1.165) is 42.3 Å². The number of rotatable bonds is 9. The molecule has 28 heavy (non-hydrogen) atoms. The molecule has 1 atom stereocenters. The number of aromatic amines is 1. The molecule has 2 aromatic carbocycles. The van der Waals surface area contributed by atoms with Crippen LogP contribution in [0.1, 0.15) is 22.4 Å². The molecule has 0 aliphatic rings. The number of methoxy groups -OCH3 is 2. The van der Waals surface area contributed by atoms with Crippen LogP contribution in [0.4, 0.5) is 0 Å². The molecule has 0 spiro atoms. The summed E-state index contributed by atoms with van der Waals surface area (Å²) in [5.74, 6) is 1.65. The normalized spacial score (nSPS) is 12.3. The summed E-state index contributed by atoms with van der Waals surface area (Å²) in [4.78, 5) is 3.48. The first-order valence-corrected chi connectivity index (χ1v) is 9.65. The number of H-pyrrole nitrogens is 1. The van der Waals surface area contributed by atoms with Crippen LogP contribution in [-0.2, 0) is 13.0 Å². The van der Waals surface area contributed by atoms with Gasteiger partial charge >= 0.3 is 0 Å². The van der Waals surface area contributed by atoms with Gasteiger partial charge < -0.3 is 24.9 Å². The number of aromatic nitrogens is 1. The Morgan fingerprint density at radius 3 is 2.39 bits per heavy atom. The second kappa shape index (κ2) is 9.13. The zero-order valence-corrected chi connectivity index (χ0v) is 17.1. The van der Waals surface area contributed by atoms with Gasteiger partial charge in [0.2, 0.25) is 0 Å². The van der Waals surface area contributed by atoms with Gasteiger partial charge in [-0.1, -0.05) is 6.07 Å². The largest absolute Gasteiger partial charge is 0.497 e. The standard InChI is InChI=1S/C23H30N2O3/c1-15-5-6-23-22(16(15)2)10-19(25-23)13-24-12-18(14-26)7-17-8-20(27-3)11-21(9-17)28-4/h5-6,8-11,18,24-26H,7,12-14H2,1-4H3. The fourth-order valence-corrected chi connectivity index (χ4v) is 3.54. The first kappa shape index (κ1) is 20.2. The van der Waals surface area contributed by atoms with Gasteiger partial charge in [0.15, 0.2) is 0 Å². The molecule has 3 rings (SSSR count). The first-order valence-electron chi connectivity index (χ1n) is 9.65. The Bertz CT molecular complexity index is 911. The molecular formula is C23H30N2O3. The topological polar surface area (TPSA) is 66.5 Å². The van der Waals surface area contributed by atoms with Crippen molar-refractivity contribution in [3.05, 3.63) is 58.8 Å². The second-order valence-corrected chi connectivity index (χ2v) is 7.37. The molecule has 0 aliphatic carbocycles. The molecule has 0 radical (unpaired) electrons. The molecule has 0 bridgehead atoms. The molecule has 3 N–H and O–H groups in total. The van der Waals surface area contributed by atoms with Crippen molar-refractivity contribution in [2.75, 3.05) is 27.4 Å². The minimum atomic E-state index is 0.116. The van der Waals surface area contributed by atoms with Gasteiger partial charge in [-0.05, 0) is 67.1 Å². The van der Waals surface area contributed by atoms with E-state index in [1.165, 1.54) is 22.0 Å². The van der Waals surface area contributed by atoms with Gasteiger partial charge in [-0.25, -0.2) is 0 Å². The number of hydrogen-bond acceptors (Lipinski definition) is 4. The van der Waals surface area contributed by atoms with Crippen molar-refractivity contribution in [1.29, 1.82) is 0 Å². The van der Waals surface area contributed by atoms with Gasteiger partial charge in [-0.2, -0.15) is 0 Å². The highest BCUT2D eigenvalue weighted by Crippen LogP contribution is 2.25. The Balaban J connectivity index is 1.61. The Kier molecular flexibility index (Phi) is 6.60. The molecule has 150 valence electrons. The third kappa shape index (κ3) is 4.66. The number of fused-ring (bicyclic) bond motifs is 1. The number of ether oxygens (including phenoxy) is 2. The van der Waals surface area contributed by atoms with Crippen molar-refractivity contribution >= 4 is 10.9 Å². The summed E-state index contributed by atoms with van der Waals surface area (Å²) >= 11 is 0. The maximum absolute atomic E-state index is 9.81. The Morgan fingerprint density at radius 1 is 1.04 bits per heavy atom. The number of aliphatic hydroxyl groups is 1. The van der Waals surface area contributed by atoms with Crippen LogP contribution < -0.4 is 14.8 Å². The van der Waals surface area contributed by atoms with E-state index in [1.807, 2.05) is 18.2 Å². The van der Waals surface area contributed by atoms with E-state index in [9.17, 15) is 5.11 Å². The van der Waals surface area contributed by atoms with Crippen molar-refractivity contribution in [3.63, 3.8) is 0 Å². The van der Waals surface area contributed by atoms with Crippen LogP contribution in [0.2, 0.25) is 0 Å². The Morgan fingerprint density at radius 2 is 1.75 bits per heavy atom. The van der Waals surface area contributed by atoms with Crippen molar-refractivity contribution < 1.29 is 14.6 Å². The summed E-state index contributed by atoms with van der Waals surface area (Å²) in [7, 11) is 3.29. The molecular weight excluding hydrogens is 352 g/mol. The summed E-state index contributed by atoms with van der Waals surface area (Å²) < 4.78 is 10.7. The molecule has 0 aliphatic heterocycles. The minimum Gasteiger partial charge on any atom is -0.497 e. The number of benzene rings is 2. The van der Waals surface area contributed by atoms with E-state index < -0.39 is 0 Å². The Labute approximate surface area is 166 Å². The number of aliphatic hydroxyl groups excluding tert-OH is 1. The quantitative estimate of drug-likeness (QED) is 0.527. The monoisotopic (exact) mass is 382 g/mol. The van der Waals surface area contributed by atoms with Crippen molar-refractivity contribution in [2.45, 2.75) is 26.8 Å². The maximum atomic E-state index is 9.81. The zero-order valence-electron chi connectivity index (χ0n) is 17.1. The van der Waals surface area contributed by atoms with Crippen LogP contribution >= 0.6 is 0 Å². The number of aryl methyl sites for hydroxylation is 2. The zero-order chi connectivity index (χ0) is 20.1. The molecule has 5 nitrogen and oxygen atoms in total. The summed E-state index contributed by atoms with van der Waals surface area (Å²) in [5.41, 5.74) is 6.04. The summed E-state index contributed by atoms with van der Waals surface area (Å²) in [6.07, 6.45) is 0.752. The van der Waals surface area contributed by atoms with Crippen LogP contribution in [0.25, 0.3) is 10.9 Å². The molecule has 0 saturated carbocycles. The van der Waals surface area contributed by atoms with E-state index in [4.69, 9.17) is 9.47 Å². The van der Waals surface area contributed by atoms with E-state index >= 15 is 0 Å². The van der Waals surface area contributed by atoms with Crippen LogP contribution in [0, 0.1) is 19.8 Å². The van der Waals surface area contributed by atoms with Crippen LogP contribution in [0.15, 0.2) is 36.4 Å². The van der Waals surface area contributed by atoms with Gasteiger partial charge in [-0.15, -0.1) is 0 Å². The van der Waals surface area contributed by atoms with E-state index in [1.54, 1.807) is 14.2 Å². The second-order valence-electron chi connectivity index (χ2n) is 7.37. The highest BCUT2D eigenvalue weighted by atomic mass is 16.5. The fourth-order valence-electron chi connectivity index (χ4n) is 3.54. The van der Waals surface area contributed by atoms with Gasteiger partial charge in [0.25, 0.3) is 0 Å². The van der Waals surface area contributed by atoms with E-state index in [-0.39, 0.29) is 12.5 Å². The molecule has 0 saturated heterocycles. The first-order chi connectivity index (χ1) is 13.5. The smallest absolute Gasteiger partial charge is 0.122 e. The molecule has 5 heteroatoms. The molecule has 1 unspecified atom stereocenters.